The van der Waals surface area contributed by atoms with Gasteiger partial charge in [-0.1, -0.05) is 0 Å². The van der Waals surface area contributed by atoms with E-state index in [0.717, 1.165) is 40.5 Å². The summed E-state index contributed by atoms with van der Waals surface area (Å²) < 4.78 is 1.06. The van der Waals surface area contributed by atoms with Crippen molar-refractivity contribution in [2.24, 2.45) is 11.8 Å². The molecule has 0 aliphatic carbocycles. The van der Waals surface area contributed by atoms with E-state index >= 15 is 0 Å². The molecule has 7 heteroatoms. The predicted octanol–water partition coefficient (Wildman–Crippen LogP) is 2.93. The standard InChI is InChI=1S/C14H14BrN3OS2/c15-10-1-12(20-6-10)13-17-11(7-21-13)14(19)18-4-8-2-16-3-9(8)5-18/h1,6-9,16H,2-5H2/t8-,9+. The second-order valence-corrected chi connectivity index (χ2v) is 8.24. The molecule has 0 unspecified atom stereocenters. The van der Waals surface area contributed by atoms with Crippen LogP contribution in [0.1, 0.15) is 10.5 Å². The first kappa shape index (κ1) is 13.9. The summed E-state index contributed by atoms with van der Waals surface area (Å²) in [5.74, 6) is 1.34. The molecule has 0 aromatic carbocycles. The van der Waals surface area contributed by atoms with E-state index in [-0.39, 0.29) is 5.91 Å². The topological polar surface area (TPSA) is 45.2 Å². The Morgan fingerprint density at radius 1 is 1.29 bits per heavy atom. The highest BCUT2D eigenvalue weighted by Gasteiger charge is 2.38. The van der Waals surface area contributed by atoms with Gasteiger partial charge in [0.25, 0.3) is 5.91 Å². The van der Waals surface area contributed by atoms with Gasteiger partial charge in [-0.05, 0) is 33.8 Å². The molecule has 1 N–H and O–H groups in total. The van der Waals surface area contributed by atoms with Gasteiger partial charge in [0.15, 0.2) is 0 Å². The lowest BCUT2D eigenvalue weighted by molar-refractivity contribution is 0.0777. The number of thiophene rings is 1. The van der Waals surface area contributed by atoms with Crippen LogP contribution in [0.4, 0.5) is 0 Å². The lowest BCUT2D eigenvalue weighted by atomic mass is 10.0. The fraction of sp³-hybridized carbons (Fsp3) is 0.429. The van der Waals surface area contributed by atoms with Crippen molar-refractivity contribution in [3.63, 3.8) is 0 Å². The number of rotatable bonds is 2. The summed E-state index contributed by atoms with van der Waals surface area (Å²) >= 11 is 6.64. The van der Waals surface area contributed by atoms with Crippen molar-refractivity contribution in [1.29, 1.82) is 0 Å². The zero-order valence-corrected chi connectivity index (χ0v) is 14.4. The average molecular weight is 384 g/mol. The first-order valence-electron chi connectivity index (χ1n) is 6.90. The van der Waals surface area contributed by atoms with Gasteiger partial charge in [-0.15, -0.1) is 22.7 Å². The molecule has 4 nitrogen and oxygen atoms in total. The van der Waals surface area contributed by atoms with Gasteiger partial charge in [0.2, 0.25) is 0 Å². The zero-order chi connectivity index (χ0) is 14.4. The second-order valence-electron chi connectivity index (χ2n) is 5.56. The fourth-order valence-corrected chi connectivity index (χ4v) is 5.40. The molecule has 2 fully saturated rings. The number of hydrogen-bond donors (Lipinski definition) is 1. The van der Waals surface area contributed by atoms with Gasteiger partial charge in [-0.25, -0.2) is 4.98 Å². The van der Waals surface area contributed by atoms with Crippen LogP contribution >= 0.6 is 38.6 Å². The van der Waals surface area contributed by atoms with Crippen molar-refractivity contribution >= 4 is 44.5 Å². The smallest absolute Gasteiger partial charge is 0.273 e. The normalized spacial score (nSPS) is 24.5. The van der Waals surface area contributed by atoms with E-state index in [9.17, 15) is 4.79 Å². The van der Waals surface area contributed by atoms with E-state index in [1.54, 1.807) is 22.7 Å². The van der Waals surface area contributed by atoms with Gasteiger partial charge in [0.1, 0.15) is 10.7 Å². The minimum atomic E-state index is 0.0857. The Morgan fingerprint density at radius 3 is 2.71 bits per heavy atom. The number of fused-ring (bicyclic) bond motifs is 1. The lowest BCUT2D eigenvalue weighted by Crippen LogP contribution is -2.32. The average Bonchev–Trinajstić information content (AvgIpc) is 3.20. The third-order valence-corrected chi connectivity index (χ3v) is 6.88. The van der Waals surface area contributed by atoms with E-state index in [0.29, 0.717) is 17.5 Å². The summed E-state index contributed by atoms with van der Waals surface area (Å²) in [5, 5.41) is 8.24. The highest BCUT2D eigenvalue weighted by Crippen LogP contribution is 2.33. The van der Waals surface area contributed by atoms with Crippen molar-refractivity contribution in [3.8, 4) is 9.88 Å². The maximum Gasteiger partial charge on any atom is 0.273 e. The van der Waals surface area contributed by atoms with Crippen LogP contribution in [0.3, 0.4) is 0 Å². The quantitative estimate of drug-likeness (QED) is 0.866. The predicted molar refractivity (Wildman–Crippen MR) is 88.9 cm³/mol. The summed E-state index contributed by atoms with van der Waals surface area (Å²) in [7, 11) is 0. The van der Waals surface area contributed by atoms with Gasteiger partial charge < -0.3 is 10.2 Å². The van der Waals surface area contributed by atoms with Gasteiger partial charge in [-0.3, -0.25) is 4.79 Å². The Kier molecular flexibility index (Phi) is 3.61. The SMILES string of the molecule is O=C(c1csc(-c2cc(Br)cs2)n1)N1C[C@H]2CNC[C@H]2C1. The molecule has 0 radical (unpaired) electrons. The van der Waals surface area contributed by atoms with Crippen LogP contribution in [0.2, 0.25) is 0 Å². The van der Waals surface area contributed by atoms with Gasteiger partial charge in [0, 0.05) is 41.4 Å². The Labute approximate surface area is 139 Å². The Bertz CT molecular complexity index is 671. The van der Waals surface area contributed by atoms with Gasteiger partial charge in [-0.2, -0.15) is 0 Å². The van der Waals surface area contributed by atoms with Gasteiger partial charge in [0.05, 0.1) is 4.88 Å². The first-order chi connectivity index (χ1) is 10.2. The number of likely N-dealkylation sites (tertiary alicyclic amines) is 1. The number of amides is 1. The van der Waals surface area contributed by atoms with Crippen molar-refractivity contribution < 1.29 is 4.79 Å². The maximum atomic E-state index is 12.6. The van der Waals surface area contributed by atoms with Crippen LogP contribution in [-0.4, -0.2) is 42.0 Å². The summed E-state index contributed by atoms with van der Waals surface area (Å²) in [6.07, 6.45) is 0. The summed E-state index contributed by atoms with van der Waals surface area (Å²) in [6.45, 7) is 3.82. The largest absolute Gasteiger partial charge is 0.337 e. The molecule has 4 heterocycles. The molecule has 4 rings (SSSR count). The Morgan fingerprint density at radius 2 is 2.05 bits per heavy atom. The van der Waals surface area contributed by atoms with Crippen LogP contribution in [0.25, 0.3) is 9.88 Å². The molecule has 2 atom stereocenters. The number of hydrogen-bond acceptors (Lipinski definition) is 5. The molecule has 21 heavy (non-hydrogen) atoms. The summed E-state index contributed by atoms with van der Waals surface area (Å²) in [5.41, 5.74) is 0.590. The summed E-state index contributed by atoms with van der Waals surface area (Å²) in [6, 6.07) is 2.05. The van der Waals surface area contributed by atoms with Crippen LogP contribution in [0.15, 0.2) is 21.3 Å². The number of nitrogens with zero attached hydrogens (tertiary/aromatic N) is 2. The number of carbonyl (C=O) groups is 1. The highest BCUT2D eigenvalue weighted by atomic mass is 79.9. The van der Waals surface area contributed by atoms with E-state index in [1.807, 2.05) is 21.7 Å². The molecule has 0 spiro atoms. The molecule has 2 saturated heterocycles. The number of carbonyl (C=O) groups excluding carboxylic acids is 1. The molecule has 0 bridgehead atoms. The third-order valence-electron chi connectivity index (χ3n) is 4.18. The highest BCUT2D eigenvalue weighted by molar-refractivity contribution is 9.10. The molecule has 110 valence electrons. The lowest BCUT2D eigenvalue weighted by Gasteiger charge is -2.15. The van der Waals surface area contributed by atoms with Crippen molar-refractivity contribution in [2.45, 2.75) is 0 Å². The monoisotopic (exact) mass is 383 g/mol. The second kappa shape index (κ2) is 5.46. The van der Waals surface area contributed by atoms with Crippen molar-refractivity contribution in [2.75, 3.05) is 26.2 Å². The minimum Gasteiger partial charge on any atom is -0.337 e. The third kappa shape index (κ3) is 2.56. The zero-order valence-electron chi connectivity index (χ0n) is 11.2. The molecule has 2 aliphatic heterocycles. The number of nitrogens with one attached hydrogen (secondary N) is 1. The summed E-state index contributed by atoms with van der Waals surface area (Å²) in [4.78, 5) is 20.2. The molecule has 2 aromatic rings. The van der Waals surface area contributed by atoms with E-state index in [1.165, 1.54) is 0 Å². The Balaban J connectivity index is 1.52. The molecule has 1 amide bonds. The fourth-order valence-electron chi connectivity index (χ4n) is 3.09. The van der Waals surface area contributed by atoms with Crippen molar-refractivity contribution in [1.82, 2.24) is 15.2 Å². The van der Waals surface area contributed by atoms with Crippen LogP contribution in [-0.2, 0) is 0 Å². The number of halogens is 1. The van der Waals surface area contributed by atoms with Crippen LogP contribution in [0.5, 0.6) is 0 Å². The number of aromatic nitrogens is 1. The molecular weight excluding hydrogens is 370 g/mol. The van der Waals surface area contributed by atoms with Crippen molar-refractivity contribution in [3.05, 3.63) is 27.0 Å². The Hall–Kier alpha value is -0.760. The first-order valence-corrected chi connectivity index (χ1v) is 9.46. The minimum absolute atomic E-state index is 0.0857. The molecule has 0 saturated carbocycles. The molecular formula is C14H14BrN3OS2. The molecule has 2 aliphatic rings. The van der Waals surface area contributed by atoms with E-state index in [2.05, 4.69) is 26.2 Å². The van der Waals surface area contributed by atoms with E-state index < -0.39 is 0 Å². The number of thiazole rings is 1. The van der Waals surface area contributed by atoms with Crippen LogP contribution < -0.4 is 5.32 Å². The maximum absolute atomic E-state index is 12.6. The van der Waals surface area contributed by atoms with Crippen LogP contribution in [0, 0.1) is 11.8 Å². The van der Waals surface area contributed by atoms with E-state index in [4.69, 9.17) is 0 Å². The van der Waals surface area contributed by atoms with Gasteiger partial charge >= 0.3 is 0 Å². The molecule has 2 aromatic heterocycles.